The van der Waals surface area contributed by atoms with E-state index in [4.69, 9.17) is 14.6 Å². The van der Waals surface area contributed by atoms with Crippen molar-refractivity contribution in [3.05, 3.63) is 0 Å². The van der Waals surface area contributed by atoms with Gasteiger partial charge in [-0.25, -0.2) is 9.59 Å². The minimum absolute atomic E-state index is 0.222. The Morgan fingerprint density at radius 1 is 1.14 bits per heavy atom. The average Bonchev–Trinajstić information content (AvgIpc) is 2.35. The Morgan fingerprint density at radius 3 is 2.24 bits per heavy atom. The molecule has 0 atom stereocenters. The van der Waals surface area contributed by atoms with Crippen LogP contribution in [0.3, 0.4) is 0 Å². The maximum atomic E-state index is 11.6. The van der Waals surface area contributed by atoms with Gasteiger partial charge in [-0.2, -0.15) is 0 Å². The Labute approximate surface area is 126 Å². The van der Waals surface area contributed by atoms with E-state index in [2.05, 4.69) is 5.32 Å². The number of hydrogen-bond acceptors (Lipinski definition) is 4. The number of hydrogen-bond donors (Lipinski definition) is 2. The van der Waals surface area contributed by atoms with Crippen molar-refractivity contribution in [1.82, 2.24) is 5.32 Å². The van der Waals surface area contributed by atoms with Crippen LogP contribution >= 0.6 is 0 Å². The minimum Gasteiger partial charge on any atom is -0.480 e. The van der Waals surface area contributed by atoms with Crippen LogP contribution in [0.4, 0.5) is 4.79 Å². The summed E-state index contributed by atoms with van der Waals surface area (Å²) in [7, 11) is 0. The van der Waals surface area contributed by atoms with E-state index in [1.807, 2.05) is 20.8 Å². The summed E-state index contributed by atoms with van der Waals surface area (Å²) in [6.07, 6.45) is 3.71. The molecular weight excluding hydrogens is 274 g/mol. The topological polar surface area (TPSA) is 84.9 Å². The molecule has 0 spiro atoms. The molecule has 1 fully saturated rings. The maximum Gasteiger partial charge on any atom is 0.407 e. The second kappa shape index (κ2) is 8.22. The van der Waals surface area contributed by atoms with E-state index in [1.54, 1.807) is 0 Å². The van der Waals surface area contributed by atoms with Gasteiger partial charge in [-0.1, -0.05) is 0 Å². The number of carboxylic acid groups (broad SMARTS) is 1. The summed E-state index contributed by atoms with van der Waals surface area (Å²) < 4.78 is 10.3. The number of carboxylic acids is 1. The molecule has 6 heteroatoms. The molecule has 1 aliphatic rings. The zero-order valence-corrected chi connectivity index (χ0v) is 13.2. The highest BCUT2D eigenvalue weighted by Gasteiger charge is 2.23. The lowest BCUT2D eigenvalue weighted by molar-refractivity contribution is -0.142. The number of carbonyl (C=O) groups excluding carboxylic acids is 1. The van der Waals surface area contributed by atoms with Crippen LogP contribution in [-0.4, -0.2) is 42.5 Å². The molecule has 2 N–H and O–H groups in total. The van der Waals surface area contributed by atoms with Crippen LogP contribution in [0.2, 0.25) is 0 Å². The summed E-state index contributed by atoms with van der Waals surface area (Å²) in [5.41, 5.74) is -0.469. The third kappa shape index (κ3) is 8.55. The van der Waals surface area contributed by atoms with E-state index in [0.29, 0.717) is 25.0 Å². The summed E-state index contributed by atoms with van der Waals surface area (Å²) in [5.74, 6) is -0.0272. The summed E-state index contributed by atoms with van der Waals surface area (Å²) in [6.45, 7) is 6.45. The molecule has 0 radical (unpaired) electrons. The molecule has 21 heavy (non-hydrogen) atoms. The number of carbonyl (C=O) groups is 2. The Morgan fingerprint density at radius 2 is 1.71 bits per heavy atom. The van der Waals surface area contributed by atoms with Gasteiger partial charge in [-0.05, 0) is 58.3 Å². The largest absolute Gasteiger partial charge is 0.480 e. The number of rotatable bonds is 6. The van der Waals surface area contributed by atoms with E-state index in [-0.39, 0.29) is 12.7 Å². The van der Waals surface area contributed by atoms with E-state index in [1.165, 1.54) is 0 Å². The predicted octanol–water partition coefficient (Wildman–Crippen LogP) is 2.42. The fourth-order valence-corrected chi connectivity index (χ4v) is 2.46. The molecule has 0 aromatic carbocycles. The van der Waals surface area contributed by atoms with Gasteiger partial charge >= 0.3 is 12.1 Å². The van der Waals surface area contributed by atoms with Crippen LogP contribution in [0, 0.1) is 11.8 Å². The Kier molecular flexibility index (Phi) is 6.95. The molecule has 1 aliphatic carbocycles. The van der Waals surface area contributed by atoms with Gasteiger partial charge in [0.05, 0.1) is 6.61 Å². The molecule has 1 amide bonds. The monoisotopic (exact) mass is 301 g/mol. The SMILES string of the molecule is CC(C)(C)OC(=O)NC[C@H]1CC[C@H](COCC(=O)O)CC1. The first-order valence-electron chi connectivity index (χ1n) is 7.52. The number of amides is 1. The first-order valence-corrected chi connectivity index (χ1v) is 7.52. The van der Waals surface area contributed by atoms with Gasteiger partial charge in [0.15, 0.2) is 0 Å². The van der Waals surface area contributed by atoms with Gasteiger partial charge in [0.25, 0.3) is 0 Å². The smallest absolute Gasteiger partial charge is 0.407 e. The van der Waals surface area contributed by atoms with Crippen LogP contribution in [0.5, 0.6) is 0 Å². The van der Waals surface area contributed by atoms with Crippen LogP contribution in [0.1, 0.15) is 46.5 Å². The molecule has 0 aromatic heterocycles. The van der Waals surface area contributed by atoms with Gasteiger partial charge in [0, 0.05) is 6.54 Å². The summed E-state index contributed by atoms with van der Waals surface area (Å²) >= 11 is 0. The van der Waals surface area contributed by atoms with Crippen molar-refractivity contribution in [3.8, 4) is 0 Å². The molecular formula is C15H27NO5. The van der Waals surface area contributed by atoms with E-state index in [9.17, 15) is 9.59 Å². The van der Waals surface area contributed by atoms with E-state index in [0.717, 1.165) is 25.7 Å². The van der Waals surface area contributed by atoms with Crippen LogP contribution in [-0.2, 0) is 14.3 Å². The number of nitrogens with one attached hydrogen (secondary N) is 1. The van der Waals surface area contributed by atoms with Gasteiger partial charge in [0.1, 0.15) is 12.2 Å². The number of alkyl carbamates (subject to hydrolysis) is 1. The van der Waals surface area contributed by atoms with Gasteiger partial charge < -0.3 is 19.9 Å². The highest BCUT2D eigenvalue weighted by atomic mass is 16.6. The molecule has 0 aromatic rings. The van der Waals surface area contributed by atoms with Crippen molar-refractivity contribution >= 4 is 12.1 Å². The quantitative estimate of drug-likeness (QED) is 0.787. The molecule has 0 saturated heterocycles. The first kappa shape index (κ1) is 17.8. The van der Waals surface area contributed by atoms with Gasteiger partial charge in [-0.3, -0.25) is 0 Å². The minimum atomic E-state index is -0.926. The van der Waals surface area contributed by atoms with E-state index >= 15 is 0 Å². The standard InChI is InChI=1S/C15H27NO5/c1-15(2,3)21-14(19)16-8-11-4-6-12(7-5-11)9-20-10-13(17)18/h11-12H,4-10H2,1-3H3,(H,16,19)(H,17,18)/t11-,12-. The second-order valence-corrected chi connectivity index (χ2v) is 6.68. The van der Waals surface area contributed by atoms with E-state index < -0.39 is 11.6 Å². The normalized spacial score (nSPS) is 22.6. The highest BCUT2D eigenvalue weighted by Crippen LogP contribution is 2.28. The average molecular weight is 301 g/mol. The van der Waals surface area contributed by atoms with Crippen LogP contribution in [0.25, 0.3) is 0 Å². The highest BCUT2D eigenvalue weighted by molar-refractivity contribution is 5.68. The Balaban J connectivity index is 2.13. The van der Waals surface area contributed by atoms with Gasteiger partial charge in [-0.15, -0.1) is 0 Å². The molecule has 0 heterocycles. The second-order valence-electron chi connectivity index (χ2n) is 6.68. The summed E-state index contributed by atoms with van der Waals surface area (Å²) in [4.78, 5) is 21.9. The van der Waals surface area contributed by atoms with Crippen LogP contribution < -0.4 is 5.32 Å². The van der Waals surface area contributed by atoms with Crippen molar-refractivity contribution in [2.75, 3.05) is 19.8 Å². The fourth-order valence-electron chi connectivity index (χ4n) is 2.46. The summed E-state index contributed by atoms with van der Waals surface area (Å²) in [5, 5.41) is 11.3. The Bertz CT molecular complexity index is 342. The third-order valence-corrected chi connectivity index (χ3v) is 3.48. The lowest BCUT2D eigenvalue weighted by atomic mass is 9.82. The summed E-state index contributed by atoms with van der Waals surface area (Å²) in [6, 6.07) is 0. The lowest BCUT2D eigenvalue weighted by Crippen LogP contribution is -2.36. The van der Waals surface area contributed by atoms with Gasteiger partial charge in [0.2, 0.25) is 0 Å². The number of ether oxygens (including phenoxy) is 2. The Hall–Kier alpha value is -1.30. The fraction of sp³-hybridized carbons (Fsp3) is 0.867. The molecule has 0 aliphatic heterocycles. The van der Waals surface area contributed by atoms with Crippen molar-refractivity contribution in [2.24, 2.45) is 11.8 Å². The van der Waals surface area contributed by atoms with Crippen molar-refractivity contribution < 1.29 is 24.2 Å². The van der Waals surface area contributed by atoms with Crippen molar-refractivity contribution in [3.63, 3.8) is 0 Å². The number of aliphatic carboxylic acids is 1. The molecule has 0 unspecified atom stereocenters. The predicted molar refractivity (Wildman–Crippen MR) is 78.1 cm³/mol. The van der Waals surface area contributed by atoms with Crippen molar-refractivity contribution in [2.45, 2.75) is 52.1 Å². The lowest BCUT2D eigenvalue weighted by Gasteiger charge is -2.28. The first-order chi connectivity index (χ1) is 9.76. The third-order valence-electron chi connectivity index (χ3n) is 3.48. The zero-order chi connectivity index (χ0) is 15.9. The zero-order valence-electron chi connectivity index (χ0n) is 13.2. The molecule has 1 rings (SSSR count). The molecule has 0 bridgehead atoms. The maximum absolute atomic E-state index is 11.6. The van der Waals surface area contributed by atoms with Crippen molar-refractivity contribution in [1.29, 1.82) is 0 Å². The molecule has 6 nitrogen and oxygen atoms in total. The van der Waals surface area contributed by atoms with Crippen LogP contribution in [0.15, 0.2) is 0 Å². The molecule has 1 saturated carbocycles. The molecule has 122 valence electrons.